The third kappa shape index (κ3) is 3.95. The van der Waals surface area contributed by atoms with E-state index in [1.165, 1.54) is 24.3 Å². The zero-order chi connectivity index (χ0) is 18.5. The fraction of sp³-hybridized carbons (Fsp3) is 0.0476. The first-order valence-electron chi connectivity index (χ1n) is 8.07. The molecule has 3 rings (SSSR count). The number of hydrogen-bond donors (Lipinski definition) is 2. The summed E-state index contributed by atoms with van der Waals surface area (Å²) in [5.41, 5.74) is 2.57. The standard InChI is InChI=1S/C21H17FN2O2/c1-14-6-2-4-8-18(14)23-20(25)15-10-12-16(13-11-15)21(26)24-19-9-5-3-7-17(19)22/h2-13H,1H3,(H,23,25)(H,24,26). The highest BCUT2D eigenvalue weighted by molar-refractivity contribution is 6.07. The normalized spacial score (nSPS) is 10.2. The summed E-state index contributed by atoms with van der Waals surface area (Å²) in [6.07, 6.45) is 0. The van der Waals surface area contributed by atoms with Crippen LogP contribution in [0.2, 0.25) is 0 Å². The Balaban J connectivity index is 1.70. The van der Waals surface area contributed by atoms with Gasteiger partial charge in [-0.05, 0) is 55.0 Å². The molecule has 0 saturated heterocycles. The highest BCUT2D eigenvalue weighted by atomic mass is 19.1. The van der Waals surface area contributed by atoms with Gasteiger partial charge in [-0.3, -0.25) is 9.59 Å². The summed E-state index contributed by atoms with van der Waals surface area (Å²) >= 11 is 0. The maximum atomic E-state index is 13.6. The minimum atomic E-state index is -0.505. The number of anilines is 2. The van der Waals surface area contributed by atoms with Crippen molar-refractivity contribution in [3.8, 4) is 0 Å². The summed E-state index contributed by atoms with van der Waals surface area (Å²) in [6.45, 7) is 1.91. The molecule has 3 aromatic carbocycles. The quantitative estimate of drug-likeness (QED) is 0.722. The number of para-hydroxylation sites is 2. The lowest BCUT2D eigenvalue weighted by molar-refractivity contribution is 0.101. The third-order valence-corrected chi connectivity index (χ3v) is 3.92. The van der Waals surface area contributed by atoms with Crippen LogP contribution in [0, 0.1) is 12.7 Å². The molecule has 0 unspecified atom stereocenters. The van der Waals surface area contributed by atoms with E-state index in [4.69, 9.17) is 0 Å². The van der Waals surface area contributed by atoms with E-state index < -0.39 is 11.7 Å². The largest absolute Gasteiger partial charge is 0.322 e. The number of nitrogens with one attached hydrogen (secondary N) is 2. The highest BCUT2D eigenvalue weighted by Crippen LogP contribution is 2.16. The maximum Gasteiger partial charge on any atom is 0.255 e. The predicted octanol–water partition coefficient (Wildman–Crippen LogP) is 4.64. The molecule has 0 aromatic heterocycles. The van der Waals surface area contributed by atoms with Crippen LogP contribution in [0.1, 0.15) is 26.3 Å². The second kappa shape index (κ2) is 7.61. The minimum absolute atomic E-state index is 0.110. The molecule has 0 aliphatic heterocycles. The third-order valence-electron chi connectivity index (χ3n) is 3.92. The van der Waals surface area contributed by atoms with Crippen molar-refractivity contribution in [2.24, 2.45) is 0 Å². The van der Waals surface area contributed by atoms with E-state index in [0.29, 0.717) is 11.1 Å². The van der Waals surface area contributed by atoms with E-state index in [0.717, 1.165) is 11.3 Å². The average Bonchev–Trinajstić information content (AvgIpc) is 2.65. The van der Waals surface area contributed by atoms with Crippen molar-refractivity contribution in [3.05, 3.63) is 95.3 Å². The molecule has 26 heavy (non-hydrogen) atoms. The number of carbonyl (C=O) groups excluding carboxylic acids is 2. The number of hydrogen-bond acceptors (Lipinski definition) is 2. The average molecular weight is 348 g/mol. The molecule has 0 spiro atoms. The number of benzene rings is 3. The Morgan fingerprint density at radius 2 is 1.15 bits per heavy atom. The van der Waals surface area contributed by atoms with Crippen LogP contribution in [0.3, 0.4) is 0 Å². The lowest BCUT2D eigenvalue weighted by atomic mass is 10.1. The molecule has 0 heterocycles. The van der Waals surface area contributed by atoms with Gasteiger partial charge in [-0.25, -0.2) is 4.39 Å². The summed E-state index contributed by atoms with van der Waals surface area (Å²) < 4.78 is 13.6. The summed E-state index contributed by atoms with van der Waals surface area (Å²) in [7, 11) is 0. The number of amides is 2. The molecule has 5 heteroatoms. The zero-order valence-electron chi connectivity index (χ0n) is 14.1. The van der Waals surface area contributed by atoms with E-state index in [-0.39, 0.29) is 11.6 Å². The Labute approximate surface area is 150 Å². The Kier molecular flexibility index (Phi) is 5.08. The van der Waals surface area contributed by atoms with E-state index in [1.54, 1.807) is 24.3 Å². The molecule has 0 aliphatic rings. The zero-order valence-corrected chi connectivity index (χ0v) is 14.1. The summed E-state index contributed by atoms with van der Waals surface area (Å²) in [6, 6.07) is 19.6. The van der Waals surface area contributed by atoms with E-state index in [9.17, 15) is 14.0 Å². The van der Waals surface area contributed by atoms with Crippen LogP contribution in [0.25, 0.3) is 0 Å². The molecule has 0 bridgehead atoms. The molecular weight excluding hydrogens is 331 g/mol. The van der Waals surface area contributed by atoms with Crippen LogP contribution in [0.15, 0.2) is 72.8 Å². The summed E-state index contributed by atoms with van der Waals surface area (Å²) in [5, 5.41) is 5.34. The number of halogens is 1. The Hall–Kier alpha value is -3.47. The first-order chi connectivity index (χ1) is 12.5. The van der Waals surface area contributed by atoms with Gasteiger partial charge in [-0.2, -0.15) is 0 Å². The fourth-order valence-corrected chi connectivity index (χ4v) is 2.44. The molecule has 0 atom stereocenters. The van der Waals surface area contributed by atoms with Gasteiger partial charge >= 0.3 is 0 Å². The van der Waals surface area contributed by atoms with Crippen molar-refractivity contribution in [2.75, 3.05) is 10.6 Å². The Morgan fingerprint density at radius 1 is 0.692 bits per heavy atom. The topological polar surface area (TPSA) is 58.2 Å². The van der Waals surface area contributed by atoms with Crippen LogP contribution in [-0.4, -0.2) is 11.8 Å². The predicted molar refractivity (Wildman–Crippen MR) is 99.9 cm³/mol. The van der Waals surface area contributed by atoms with Gasteiger partial charge in [-0.15, -0.1) is 0 Å². The van der Waals surface area contributed by atoms with Gasteiger partial charge in [0.1, 0.15) is 5.82 Å². The van der Waals surface area contributed by atoms with Crippen LogP contribution < -0.4 is 10.6 Å². The molecule has 4 nitrogen and oxygen atoms in total. The highest BCUT2D eigenvalue weighted by Gasteiger charge is 2.11. The fourth-order valence-electron chi connectivity index (χ4n) is 2.44. The van der Waals surface area contributed by atoms with Gasteiger partial charge in [-0.1, -0.05) is 30.3 Å². The van der Waals surface area contributed by atoms with Crippen molar-refractivity contribution >= 4 is 23.2 Å². The van der Waals surface area contributed by atoms with Gasteiger partial charge in [0.2, 0.25) is 0 Å². The molecule has 3 aromatic rings. The molecule has 0 saturated carbocycles. The van der Waals surface area contributed by atoms with Crippen LogP contribution in [0.4, 0.5) is 15.8 Å². The van der Waals surface area contributed by atoms with Crippen molar-refractivity contribution in [1.82, 2.24) is 0 Å². The summed E-state index contributed by atoms with van der Waals surface area (Å²) in [4.78, 5) is 24.5. The van der Waals surface area contributed by atoms with Gasteiger partial charge in [0.25, 0.3) is 11.8 Å². The molecule has 2 amide bonds. The molecular formula is C21H17FN2O2. The lowest BCUT2D eigenvalue weighted by Crippen LogP contribution is -2.15. The lowest BCUT2D eigenvalue weighted by Gasteiger charge is -2.09. The Bertz CT molecular complexity index is 874. The van der Waals surface area contributed by atoms with Gasteiger partial charge < -0.3 is 10.6 Å². The van der Waals surface area contributed by atoms with E-state index in [2.05, 4.69) is 10.6 Å². The summed E-state index contributed by atoms with van der Waals surface area (Å²) in [5.74, 6) is -1.21. The monoisotopic (exact) mass is 348 g/mol. The van der Waals surface area contributed by atoms with Gasteiger partial charge in [0, 0.05) is 16.8 Å². The molecule has 130 valence electrons. The first-order valence-corrected chi connectivity index (χ1v) is 8.07. The van der Waals surface area contributed by atoms with Crippen LogP contribution >= 0.6 is 0 Å². The second-order valence-corrected chi connectivity index (χ2v) is 5.78. The van der Waals surface area contributed by atoms with Crippen molar-refractivity contribution in [3.63, 3.8) is 0 Å². The SMILES string of the molecule is Cc1ccccc1NC(=O)c1ccc(C(=O)Nc2ccccc2F)cc1. The van der Waals surface area contributed by atoms with Gasteiger partial charge in [0.05, 0.1) is 5.69 Å². The number of aryl methyl sites for hydroxylation is 1. The van der Waals surface area contributed by atoms with E-state index in [1.807, 2.05) is 31.2 Å². The second-order valence-electron chi connectivity index (χ2n) is 5.78. The van der Waals surface area contributed by atoms with Crippen molar-refractivity contribution < 1.29 is 14.0 Å². The molecule has 0 fully saturated rings. The van der Waals surface area contributed by atoms with Crippen LogP contribution in [0.5, 0.6) is 0 Å². The maximum absolute atomic E-state index is 13.6. The van der Waals surface area contributed by atoms with Crippen LogP contribution in [-0.2, 0) is 0 Å². The smallest absolute Gasteiger partial charge is 0.255 e. The minimum Gasteiger partial charge on any atom is -0.322 e. The van der Waals surface area contributed by atoms with E-state index >= 15 is 0 Å². The first kappa shape index (κ1) is 17.4. The van der Waals surface area contributed by atoms with Crippen molar-refractivity contribution in [2.45, 2.75) is 6.92 Å². The Morgan fingerprint density at radius 3 is 1.69 bits per heavy atom. The number of carbonyl (C=O) groups is 2. The van der Waals surface area contributed by atoms with Crippen molar-refractivity contribution in [1.29, 1.82) is 0 Å². The van der Waals surface area contributed by atoms with Gasteiger partial charge in [0.15, 0.2) is 0 Å². The molecule has 0 aliphatic carbocycles. The molecule has 0 radical (unpaired) electrons. The number of rotatable bonds is 4. The molecule has 2 N–H and O–H groups in total.